The summed E-state index contributed by atoms with van der Waals surface area (Å²) in [6, 6.07) is 23.7. The number of hydrogen-bond acceptors (Lipinski definition) is 3. The Morgan fingerprint density at radius 1 is 0.939 bits per heavy atom. The lowest BCUT2D eigenvalue weighted by molar-refractivity contribution is -0.130. The van der Waals surface area contributed by atoms with Crippen molar-refractivity contribution in [3.8, 4) is 11.1 Å². The average Bonchev–Trinajstić information content (AvgIpc) is 3.24. The second kappa shape index (κ2) is 8.17. The molecule has 0 fully saturated rings. The van der Waals surface area contributed by atoms with Crippen molar-refractivity contribution in [1.82, 2.24) is 9.99 Å². The van der Waals surface area contributed by atoms with E-state index in [0.29, 0.717) is 17.7 Å². The van der Waals surface area contributed by atoms with Crippen molar-refractivity contribution in [2.24, 2.45) is 5.10 Å². The molecule has 3 aromatic carbocycles. The van der Waals surface area contributed by atoms with Gasteiger partial charge in [0.05, 0.1) is 17.3 Å². The molecule has 1 atom stereocenters. The summed E-state index contributed by atoms with van der Waals surface area (Å²) >= 11 is 0. The van der Waals surface area contributed by atoms with Gasteiger partial charge in [-0.15, -0.1) is 0 Å². The SMILES string of the molecule is CC(=O)N1N=C(c2c(-c3ccc(C)cc3)c3ccccc3[nH]c2=O)C[C@H]1c1ccccc1C. The quantitative estimate of drug-likeness (QED) is 0.461. The van der Waals surface area contributed by atoms with Crippen molar-refractivity contribution in [2.75, 3.05) is 0 Å². The van der Waals surface area contributed by atoms with Crippen LogP contribution in [-0.4, -0.2) is 21.6 Å². The number of benzene rings is 3. The Labute approximate surface area is 192 Å². The largest absolute Gasteiger partial charge is 0.321 e. The summed E-state index contributed by atoms with van der Waals surface area (Å²) in [7, 11) is 0. The van der Waals surface area contributed by atoms with Gasteiger partial charge in [0.25, 0.3) is 5.56 Å². The Balaban J connectivity index is 1.74. The molecule has 5 rings (SSSR count). The van der Waals surface area contributed by atoms with Gasteiger partial charge in [0.1, 0.15) is 0 Å². The second-order valence-electron chi connectivity index (χ2n) is 8.60. The van der Waals surface area contributed by atoms with Crippen LogP contribution in [0.5, 0.6) is 0 Å². The van der Waals surface area contributed by atoms with Gasteiger partial charge in [-0.05, 0) is 36.6 Å². The van der Waals surface area contributed by atoms with Gasteiger partial charge in [-0.25, -0.2) is 5.01 Å². The number of hydrazone groups is 1. The molecule has 1 aliphatic heterocycles. The minimum Gasteiger partial charge on any atom is -0.321 e. The summed E-state index contributed by atoms with van der Waals surface area (Å²) in [5, 5.41) is 7.18. The van der Waals surface area contributed by atoms with E-state index < -0.39 is 0 Å². The lowest BCUT2D eigenvalue weighted by atomic mass is 9.90. The molecule has 1 aliphatic rings. The molecule has 0 unspecified atom stereocenters. The van der Waals surface area contributed by atoms with Crippen LogP contribution in [0.15, 0.2) is 82.7 Å². The number of aromatic amines is 1. The van der Waals surface area contributed by atoms with Crippen LogP contribution in [0.2, 0.25) is 0 Å². The van der Waals surface area contributed by atoms with Gasteiger partial charge in [-0.1, -0.05) is 72.3 Å². The number of nitrogens with zero attached hydrogens (tertiary/aromatic N) is 2. The van der Waals surface area contributed by atoms with Gasteiger partial charge in [0, 0.05) is 29.8 Å². The summed E-state index contributed by atoms with van der Waals surface area (Å²) in [6.07, 6.45) is 0.477. The van der Waals surface area contributed by atoms with Crippen LogP contribution in [0, 0.1) is 13.8 Å². The van der Waals surface area contributed by atoms with E-state index in [2.05, 4.69) is 4.98 Å². The number of para-hydroxylation sites is 1. The van der Waals surface area contributed by atoms with Crippen molar-refractivity contribution in [1.29, 1.82) is 0 Å². The van der Waals surface area contributed by atoms with Gasteiger partial charge in [0.15, 0.2) is 0 Å². The van der Waals surface area contributed by atoms with Gasteiger partial charge in [-0.3, -0.25) is 9.59 Å². The predicted octanol–water partition coefficient (Wildman–Crippen LogP) is 5.51. The monoisotopic (exact) mass is 435 g/mol. The number of aromatic nitrogens is 1. The number of carbonyl (C=O) groups is 1. The molecule has 0 spiro atoms. The molecule has 33 heavy (non-hydrogen) atoms. The molecule has 5 nitrogen and oxygen atoms in total. The molecule has 0 aliphatic carbocycles. The van der Waals surface area contributed by atoms with Crippen molar-refractivity contribution in [3.63, 3.8) is 0 Å². The molecule has 0 radical (unpaired) electrons. The minimum absolute atomic E-state index is 0.146. The first-order valence-corrected chi connectivity index (χ1v) is 11.1. The summed E-state index contributed by atoms with van der Waals surface area (Å²) < 4.78 is 0. The fraction of sp³-hybridized carbons (Fsp3) is 0.179. The average molecular weight is 436 g/mol. The Hall–Kier alpha value is -3.99. The zero-order valence-corrected chi connectivity index (χ0v) is 18.9. The molecule has 0 saturated heterocycles. The third kappa shape index (κ3) is 3.65. The summed E-state index contributed by atoms with van der Waals surface area (Å²) in [5.41, 5.74) is 6.82. The third-order valence-electron chi connectivity index (χ3n) is 6.33. The van der Waals surface area contributed by atoms with Crippen LogP contribution >= 0.6 is 0 Å². The van der Waals surface area contributed by atoms with Crippen LogP contribution in [-0.2, 0) is 4.79 Å². The molecule has 1 aromatic heterocycles. The zero-order chi connectivity index (χ0) is 23.1. The third-order valence-corrected chi connectivity index (χ3v) is 6.33. The molecular formula is C28H25N3O2. The van der Waals surface area contributed by atoms with Gasteiger partial charge in [-0.2, -0.15) is 5.10 Å². The van der Waals surface area contributed by atoms with E-state index in [1.807, 2.05) is 86.6 Å². The van der Waals surface area contributed by atoms with E-state index in [1.165, 1.54) is 11.9 Å². The number of H-pyrrole nitrogens is 1. The fourth-order valence-electron chi connectivity index (χ4n) is 4.69. The Kier molecular flexibility index (Phi) is 5.17. The number of nitrogens with one attached hydrogen (secondary N) is 1. The maximum Gasteiger partial charge on any atom is 0.258 e. The number of amides is 1. The molecule has 4 aromatic rings. The van der Waals surface area contributed by atoms with Crippen LogP contribution < -0.4 is 5.56 Å². The first kappa shape index (κ1) is 20.9. The van der Waals surface area contributed by atoms with Crippen molar-refractivity contribution in [2.45, 2.75) is 33.2 Å². The maximum absolute atomic E-state index is 13.4. The van der Waals surface area contributed by atoms with Crippen LogP contribution in [0.4, 0.5) is 0 Å². The number of pyridine rings is 1. The molecule has 164 valence electrons. The molecule has 1 amide bonds. The summed E-state index contributed by atoms with van der Waals surface area (Å²) in [6.45, 7) is 5.59. The Morgan fingerprint density at radius 3 is 2.36 bits per heavy atom. The summed E-state index contributed by atoms with van der Waals surface area (Å²) in [4.78, 5) is 29.0. The second-order valence-corrected chi connectivity index (χ2v) is 8.60. The van der Waals surface area contributed by atoms with Gasteiger partial charge < -0.3 is 4.98 Å². The highest BCUT2D eigenvalue weighted by molar-refractivity contribution is 6.12. The van der Waals surface area contributed by atoms with Gasteiger partial charge in [0.2, 0.25) is 5.91 Å². The van der Waals surface area contributed by atoms with Crippen molar-refractivity contribution in [3.05, 3.63) is 105 Å². The topological polar surface area (TPSA) is 65.5 Å². The minimum atomic E-state index is -0.240. The molecule has 1 N–H and O–H groups in total. The lowest BCUT2D eigenvalue weighted by Crippen LogP contribution is -2.24. The first-order valence-electron chi connectivity index (χ1n) is 11.1. The highest BCUT2D eigenvalue weighted by Gasteiger charge is 2.34. The van der Waals surface area contributed by atoms with E-state index >= 15 is 0 Å². The van der Waals surface area contributed by atoms with E-state index in [4.69, 9.17) is 5.10 Å². The lowest BCUT2D eigenvalue weighted by Gasteiger charge is -2.22. The molecule has 5 heteroatoms. The standard InChI is InChI=1S/C28H25N3O2/c1-17-12-14-20(15-13-17)26-22-10-6-7-11-23(22)29-28(33)27(26)24-16-25(31(30-24)19(3)32)21-9-5-4-8-18(21)2/h4-15,25H,16H2,1-3H3,(H,29,33)/t25-/m0/s1. The van der Waals surface area contributed by atoms with Crippen molar-refractivity contribution >= 4 is 22.5 Å². The fourth-order valence-corrected chi connectivity index (χ4v) is 4.69. The number of hydrogen-bond donors (Lipinski definition) is 1. The van der Waals surface area contributed by atoms with Crippen molar-refractivity contribution < 1.29 is 4.79 Å². The normalized spacial score (nSPS) is 15.7. The molecule has 0 saturated carbocycles. The summed E-state index contributed by atoms with van der Waals surface area (Å²) in [5.74, 6) is -0.146. The predicted molar refractivity (Wildman–Crippen MR) is 132 cm³/mol. The van der Waals surface area contributed by atoms with E-state index in [-0.39, 0.29) is 17.5 Å². The van der Waals surface area contributed by atoms with Crippen LogP contribution in [0.3, 0.4) is 0 Å². The molecule has 2 heterocycles. The number of rotatable bonds is 3. The highest BCUT2D eigenvalue weighted by atomic mass is 16.2. The zero-order valence-electron chi connectivity index (χ0n) is 18.9. The Bertz CT molecular complexity index is 1470. The van der Waals surface area contributed by atoms with Crippen LogP contribution in [0.25, 0.3) is 22.0 Å². The van der Waals surface area contributed by atoms with E-state index in [9.17, 15) is 9.59 Å². The highest BCUT2D eigenvalue weighted by Crippen LogP contribution is 2.37. The first-order chi connectivity index (χ1) is 15.9. The number of carbonyl (C=O) groups excluding carboxylic acids is 1. The van der Waals surface area contributed by atoms with E-state index in [1.54, 1.807) is 0 Å². The van der Waals surface area contributed by atoms with E-state index in [0.717, 1.165) is 38.7 Å². The molecular weight excluding hydrogens is 410 g/mol. The Morgan fingerprint density at radius 2 is 1.64 bits per heavy atom. The number of fused-ring (bicyclic) bond motifs is 1. The van der Waals surface area contributed by atoms with Crippen LogP contribution in [0.1, 0.15) is 41.6 Å². The number of aryl methyl sites for hydroxylation is 2. The smallest absolute Gasteiger partial charge is 0.258 e. The molecule has 0 bridgehead atoms. The maximum atomic E-state index is 13.4. The van der Waals surface area contributed by atoms with Gasteiger partial charge >= 0.3 is 0 Å².